The number of carbonyl (C=O) groups is 8. The number of aliphatic carboxylic acids is 1. The summed E-state index contributed by atoms with van der Waals surface area (Å²) in [5, 5.41) is 50.8. The van der Waals surface area contributed by atoms with Crippen LogP contribution in [0.2, 0.25) is 0 Å². The van der Waals surface area contributed by atoms with Crippen molar-refractivity contribution in [3.8, 4) is 5.75 Å². The van der Waals surface area contributed by atoms with E-state index < -0.39 is 108 Å². The lowest BCUT2D eigenvalue weighted by molar-refractivity contribution is -0.141. The second kappa shape index (κ2) is 31.2. The van der Waals surface area contributed by atoms with Gasteiger partial charge in [-0.2, -0.15) is 25.3 Å². The average molecular weight is 1120 g/mol. The molecule has 0 aliphatic heterocycles. The average Bonchev–Trinajstić information content (AvgIpc) is 3.45. The number of hydrogen-bond acceptors (Lipinski definition) is 14. The third-order valence-electron chi connectivity index (χ3n) is 13.2. The van der Waals surface area contributed by atoms with Gasteiger partial charge in [-0.1, -0.05) is 122 Å². The van der Waals surface area contributed by atoms with Crippen LogP contribution in [0.3, 0.4) is 0 Å². The zero-order valence-electron chi connectivity index (χ0n) is 43.9. The monoisotopic (exact) mass is 1120 g/mol. The Bertz CT molecular complexity index is 2850. The minimum atomic E-state index is -1.74. The van der Waals surface area contributed by atoms with E-state index in [-0.39, 0.29) is 49.5 Å². The lowest BCUT2D eigenvalue weighted by Crippen LogP contribution is -2.62. The van der Waals surface area contributed by atoms with Gasteiger partial charge in [0.2, 0.25) is 41.4 Å². The molecule has 5 aromatic carbocycles. The zero-order chi connectivity index (χ0) is 57.6. The van der Waals surface area contributed by atoms with Gasteiger partial charge in [0.25, 0.3) is 0 Å². The van der Waals surface area contributed by atoms with Crippen LogP contribution >= 0.6 is 25.3 Å². The number of thiol groups is 2. The molecule has 5 rings (SSSR count). The van der Waals surface area contributed by atoms with E-state index in [0.717, 1.165) is 10.8 Å². The Hall–Kier alpha value is -7.50. The molecule has 20 nitrogen and oxygen atoms in total. The summed E-state index contributed by atoms with van der Waals surface area (Å²) in [5.41, 5.74) is 14.3. The van der Waals surface area contributed by atoms with Crippen LogP contribution in [-0.2, 0) is 57.6 Å². The number of nitrogens with one attached hydrogen (secondary N) is 7. The molecule has 10 atom stereocenters. The summed E-state index contributed by atoms with van der Waals surface area (Å²) in [6, 6.07) is 25.4. The first-order valence-electron chi connectivity index (χ1n) is 25.9. The predicted molar refractivity (Wildman–Crippen MR) is 306 cm³/mol. The smallest absolute Gasteiger partial charge is 0.327 e. The predicted octanol–water partition coefficient (Wildman–Crippen LogP) is 1.55. The minimum Gasteiger partial charge on any atom is -0.508 e. The number of fused-ring (bicyclic) bond motifs is 1. The topological polar surface area (TPSA) is 334 Å². The third kappa shape index (κ3) is 19.1. The van der Waals surface area contributed by atoms with Crippen molar-refractivity contribution in [2.75, 3.05) is 18.1 Å². The quantitative estimate of drug-likeness (QED) is 0.0230. The molecule has 7 amide bonds. The van der Waals surface area contributed by atoms with Crippen LogP contribution in [0.25, 0.3) is 10.8 Å². The number of amides is 7. The normalized spacial score (nSPS) is 15.0. The molecule has 0 aliphatic carbocycles. The number of carbonyl (C=O) groups excluding carboxylic acids is 7. The summed E-state index contributed by atoms with van der Waals surface area (Å²) in [6.07, 6.45) is -1.14. The van der Waals surface area contributed by atoms with Gasteiger partial charge in [0.1, 0.15) is 48.0 Å². The number of aromatic hydroxyl groups is 1. The number of aliphatic hydroxyl groups excluding tert-OH is 1. The van der Waals surface area contributed by atoms with E-state index in [2.05, 4.69) is 62.5 Å². The molecule has 0 unspecified atom stereocenters. The number of aliphatic hydroxyl groups is 1. The van der Waals surface area contributed by atoms with E-state index in [1.807, 2.05) is 42.5 Å². The van der Waals surface area contributed by atoms with Gasteiger partial charge in [-0.25, -0.2) is 4.79 Å². The van der Waals surface area contributed by atoms with Crippen molar-refractivity contribution in [1.29, 1.82) is 0 Å². The molecule has 79 heavy (non-hydrogen) atoms. The highest BCUT2D eigenvalue weighted by molar-refractivity contribution is 7.80. The van der Waals surface area contributed by atoms with Crippen molar-refractivity contribution in [2.45, 2.75) is 113 Å². The SMILES string of the molecule is C[C@H](c1ccc2ccccc2c1)[C@H](NC(=O)[C@H](Cc1ccccc1)NC(=O)[C@H](Cc1ccccc1)NC(=O)[C@H](N)CS)C(=O)N[C@@H](CCCCN)C(=O)N[C@H](C(=O)N[C@@H](Cc1ccc(O)cc1)C(=O)N[C@@H](CS)C(=O)O)[C@@H](C)O. The molecular formula is C57H71N9O11S2. The van der Waals surface area contributed by atoms with E-state index in [4.69, 9.17) is 11.5 Å². The van der Waals surface area contributed by atoms with Gasteiger partial charge >= 0.3 is 5.97 Å². The van der Waals surface area contributed by atoms with Crippen molar-refractivity contribution < 1.29 is 53.7 Å². The van der Waals surface area contributed by atoms with E-state index >= 15 is 4.79 Å². The lowest BCUT2D eigenvalue weighted by atomic mass is 9.90. The fraction of sp³-hybridized carbons (Fsp3) is 0.368. The second-order valence-electron chi connectivity index (χ2n) is 19.3. The maximum absolute atomic E-state index is 15.0. The summed E-state index contributed by atoms with van der Waals surface area (Å²) in [5.74, 6) is -8.41. The molecule has 0 bridgehead atoms. The lowest BCUT2D eigenvalue weighted by Gasteiger charge is -2.31. The van der Waals surface area contributed by atoms with E-state index in [0.29, 0.717) is 35.1 Å². The van der Waals surface area contributed by atoms with Crippen LogP contribution in [0.1, 0.15) is 61.3 Å². The highest BCUT2D eigenvalue weighted by Crippen LogP contribution is 2.25. The van der Waals surface area contributed by atoms with Crippen molar-refractivity contribution in [2.24, 2.45) is 11.5 Å². The molecule has 0 aromatic heterocycles. The van der Waals surface area contributed by atoms with Crippen molar-refractivity contribution in [3.05, 3.63) is 150 Å². The summed E-state index contributed by atoms with van der Waals surface area (Å²) < 4.78 is 0. The number of unbranched alkanes of at least 4 members (excludes halogenated alkanes) is 1. The molecule has 0 saturated heterocycles. The number of carboxylic acids is 1. The Morgan fingerprint density at radius 2 is 0.937 bits per heavy atom. The van der Waals surface area contributed by atoms with Crippen LogP contribution in [-0.4, -0.2) is 135 Å². The fourth-order valence-corrected chi connectivity index (χ4v) is 9.00. The number of hydrogen-bond donors (Lipinski definition) is 14. The highest BCUT2D eigenvalue weighted by atomic mass is 32.1. The van der Waals surface area contributed by atoms with E-state index in [1.54, 1.807) is 67.6 Å². The molecule has 14 N–H and O–H groups in total. The number of rotatable bonds is 30. The number of phenolic OH excluding ortho intramolecular Hbond substituents is 1. The first-order chi connectivity index (χ1) is 37.8. The molecule has 0 aliphatic rings. The second-order valence-corrected chi connectivity index (χ2v) is 20.0. The van der Waals surface area contributed by atoms with Gasteiger partial charge in [-0.3, -0.25) is 33.6 Å². The van der Waals surface area contributed by atoms with Crippen molar-refractivity contribution in [3.63, 3.8) is 0 Å². The molecule has 0 radical (unpaired) electrons. The summed E-state index contributed by atoms with van der Waals surface area (Å²) >= 11 is 8.16. The Morgan fingerprint density at radius 1 is 0.494 bits per heavy atom. The number of phenols is 1. The Kier molecular flexibility index (Phi) is 24.6. The van der Waals surface area contributed by atoms with Gasteiger partial charge in [0, 0.05) is 36.7 Å². The molecule has 0 saturated carbocycles. The molecule has 0 spiro atoms. The molecule has 22 heteroatoms. The Morgan fingerprint density at radius 3 is 1.46 bits per heavy atom. The van der Waals surface area contributed by atoms with Crippen molar-refractivity contribution >= 4 is 83.3 Å². The molecule has 0 heterocycles. The molecule has 0 fully saturated rings. The maximum atomic E-state index is 15.0. The van der Waals surface area contributed by atoms with Gasteiger partial charge < -0.3 is 64.0 Å². The number of benzene rings is 5. The van der Waals surface area contributed by atoms with Crippen LogP contribution in [0.5, 0.6) is 5.75 Å². The van der Waals surface area contributed by atoms with E-state index in [1.165, 1.54) is 31.2 Å². The molecular weight excluding hydrogens is 1050 g/mol. The zero-order valence-corrected chi connectivity index (χ0v) is 45.7. The van der Waals surface area contributed by atoms with Crippen LogP contribution in [0.15, 0.2) is 127 Å². The fourth-order valence-electron chi connectivity index (χ4n) is 8.59. The third-order valence-corrected chi connectivity index (χ3v) is 14.0. The van der Waals surface area contributed by atoms with Gasteiger partial charge in [-0.05, 0) is 77.9 Å². The molecule has 422 valence electrons. The molecule has 5 aromatic rings. The minimum absolute atomic E-state index is 0.00591. The largest absolute Gasteiger partial charge is 0.508 e. The summed E-state index contributed by atoms with van der Waals surface area (Å²) in [4.78, 5) is 112. The Balaban J connectivity index is 1.48. The summed E-state index contributed by atoms with van der Waals surface area (Å²) in [7, 11) is 0. The number of carboxylic acid groups (broad SMARTS) is 1. The van der Waals surface area contributed by atoms with Gasteiger partial charge in [-0.15, -0.1) is 0 Å². The number of nitrogens with two attached hydrogens (primary N) is 2. The van der Waals surface area contributed by atoms with Gasteiger partial charge in [0.05, 0.1) is 12.1 Å². The van der Waals surface area contributed by atoms with Gasteiger partial charge in [0.15, 0.2) is 0 Å². The standard InChI is InChI=1S/C57H71N9O11S2/c1-33(39-23-22-38-17-9-10-18-40(38)30-39)48(65-54(73)46(28-36-15-7-4-8-16-36)62-52(71)44(61-50(69)42(59)31-78)27-35-13-5-3-6-14-35)55(74)60-43(19-11-12-26-58)51(70)66-49(34(2)67)56(75)63-45(29-37-20-24-41(68)25-21-37)53(72)64-47(32-79)57(76)77/h3-10,13-18,20-25,30,33-34,42-49,67-68,78-79H,11-12,19,26-29,31-32,58-59H2,1-2H3,(H,60,74)(H,61,69)(H,62,71)(H,63,75)(H,64,72)(H,65,73)(H,66,70)(H,76,77)/t33-,34-,42-,43+,44+,45+,46+,47+,48+,49+/m1/s1. The highest BCUT2D eigenvalue weighted by Gasteiger charge is 2.37. The van der Waals surface area contributed by atoms with E-state index in [9.17, 15) is 48.9 Å². The maximum Gasteiger partial charge on any atom is 0.327 e. The Labute approximate surface area is 469 Å². The van der Waals surface area contributed by atoms with Crippen LogP contribution in [0.4, 0.5) is 0 Å². The van der Waals surface area contributed by atoms with Crippen LogP contribution in [0, 0.1) is 0 Å². The van der Waals surface area contributed by atoms with Crippen molar-refractivity contribution in [1.82, 2.24) is 37.2 Å². The van der Waals surface area contributed by atoms with Crippen LogP contribution < -0.4 is 48.7 Å². The first-order valence-corrected chi connectivity index (χ1v) is 27.1. The summed E-state index contributed by atoms with van der Waals surface area (Å²) in [6.45, 7) is 3.16. The first kappa shape index (κ1) is 62.3.